The Labute approximate surface area is 88.8 Å². The van der Waals surface area contributed by atoms with Crippen LogP contribution in [0.4, 0.5) is 0 Å². The molecule has 0 bridgehead atoms. The van der Waals surface area contributed by atoms with Crippen molar-refractivity contribution in [2.75, 3.05) is 13.1 Å². The SMILES string of the molecule is CC(C)CN1C(C)CC(C)CC1CN. The monoisotopic (exact) mass is 198 g/mol. The van der Waals surface area contributed by atoms with E-state index in [0.29, 0.717) is 6.04 Å². The molecule has 0 aliphatic carbocycles. The Bertz CT molecular complexity index is 168. The lowest BCUT2D eigenvalue weighted by molar-refractivity contribution is 0.0591. The molecule has 1 heterocycles. The molecule has 3 atom stereocenters. The number of hydrogen-bond donors (Lipinski definition) is 1. The van der Waals surface area contributed by atoms with Crippen molar-refractivity contribution in [1.29, 1.82) is 0 Å². The number of nitrogens with two attached hydrogens (primary N) is 1. The molecule has 0 amide bonds. The first-order chi connectivity index (χ1) is 6.54. The van der Waals surface area contributed by atoms with E-state index in [9.17, 15) is 0 Å². The minimum Gasteiger partial charge on any atom is -0.329 e. The molecule has 1 rings (SSSR count). The molecule has 0 saturated carbocycles. The van der Waals surface area contributed by atoms with Gasteiger partial charge < -0.3 is 5.73 Å². The molecule has 0 aromatic heterocycles. The fourth-order valence-electron chi connectivity index (χ4n) is 2.76. The minimum atomic E-state index is 0.621. The molecule has 2 heteroatoms. The first-order valence-electron chi connectivity index (χ1n) is 6.00. The zero-order valence-electron chi connectivity index (χ0n) is 10.2. The van der Waals surface area contributed by atoms with Crippen LogP contribution in [-0.4, -0.2) is 30.1 Å². The smallest absolute Gasteiger partial charge is 0.0223 e. The van der Waals surface area contributed by atoms with E-state index < -0.39 is 0 Å². The predicted molar refractivity (Wildman–Crippen MR) is 62.2 cm³/mol. The number of nitrogens with zero attached hydrogens (tertiary/aromatic N) is 1. The lowest BCUT2D eigenvalue weighted by Crippen LogP contribution is -2.52. The van der Waals surface area contributed by atoms with Crippen molar-refractivity contribution in [3.63, 3.8) is 0 Å². The molecule has 84 valence electrons. The van der Waals surface area contributed by atoms with Crippen molar-refractivity contribution in [2.45, 2.75) is 52.6 Å². The molecule has 1 aliphatic rings. The summed E-state index contributed by atoms with van der Waals surface area (Å²) in [7, 11) is 0. The Morgan fingerprint density at radius 2 is 1.93 bits per heavy atom. The highest BCUT2D eigenvalue weighted by atomic mass is 15.2. The van der Waals surface area contributed by atoms with Crippen LogP contribution in [0.25, 0.3) is 0 Å². The van der Waals surface area contributed by atoms with Gasteiger partial charge in [-0.3, -0.25) is 4.90 Å². The highest BCUT2D eigenvalue weighted by Crippen LogP contribution is 2.27. The van der Waals surface area contributed by atoms with Gasteiger partial charge >= 0.3 is 0 Å². The molecular weight excluding hydrogens is 172 g/mol. The fourth-order valence-corrected chi connectivity index (χ4v) is 2.76. The van der Waals surface area contributed by atoms with Gasteiger partial charge in [0.05, 0.1) is 0 Å². The summed E-state index contributed by atoms with van der Waals surface area (Å²) in [5.41, 5.74) is 5.85. The Hall–Kier alpha value is -0.0800. The first-order valence-corrected chi connectivity index (χ1v) is 6.00. The molecule has 2 nitrogen and oxygen atoms in total. The van der Waals surface area contributed by atoms with Crippen LogP contribution in [0, 0.1) is 11.8 Å². The van der Waals surface area contributed by atoms with E-state index in [1.54, 1.807) is 0 Å². The van der Waals surface area contributed by atoms with Gasteiger partial charge in [0.1, 0.15) is 0 Å². The van der Waals surface area contributed by atoms with Gasteiger partial charge in [-0.2, -0.15) is 0 Å². The zero-order valence-corrected chi connectivity index (χ0v) is 10.2. The van der Waals surface area contributed by atoms with Crippen LogP contribution in [-0.2, 0) is 0 Å². The average Bonchev–Trinajstić information content (AvgIpc) is 2.08. The van der Waals surface area contributed by atoms with Crippen LogP contribution in [0.2, 0.25) is 0 Å². The second-order valence-corrected chi connectivity index (χ2v) is 5.41. The van der Waals surface area contributed by atoms with Crippen molar-refractivity contribution in [3.8, 4) is 0 Å². The second-order valence-electron chi connectivity index (χ2n) is 5.41. The van der Waals surface area contributed by atoms with Gasteiger partial charge in [0.2, 0.25) is 0 Å². The lowest BCUT2D eigenvalue weighted by Gasteiger charge is -2.43. The first kappa shape index (κ1) is 12.0. The van der Waals surface area contributed by atoms with E-state index >= 15 is 0 Å². The van der Waals surface area contributed by atoms with Gasteiger partial charge in [-0.1, -0.05) is 20.8 Å². The van der Waals surface area contributed by atoms with Gasteiger partial charge in [0.25, 0.3) is 0 Å². The summed E-state index contributed by atoms with van der Waals surface area (Å²) in [5, 5.41) is 0. The maximum absolute atomic E-state index is 5.85. The highest BCUT2D eigenvalue weighted by molar-refractivity contribution is 4.86. The molecule has 0 aromatic rings. The molecule has 3 unspecified atom stereocenters. The molecule has 1 fully saturated rings. The molecular formula is C12H26N2. The largest absolute Gasteiger partial charge is 0.329 e. The summed E-state index contributed by atoms with van der Waals surface area (Å²) in [6.45, 7) is 11.3. The Morgan fingerprint density at radius 3 is 2.43 bits per heavy atom. The summed E-state index contributed by atoms with van der Waals surface area (Å²) >= 11 is 0. The Balaban J connectivity index is 2.58. The van der Waals surface area contributed by atoms with Crippen molar-refractivity contribution < 1.29 is 0 Å². The maximum Gasteiger partial charge on any atom is 0.0223 e. The van der Waals surface area contributed by atoms with Gasteiger partial charge in [0.15, 0.2) is 0 Å². The van der Waals surface area contributed by atoms with E-state index in [0.717, 1.165) is 24.4 Å². The fraction of sp³-hybridized carbons (Fsp3) is 1.00. The van der Waals surface area contributed by atoms with Crippen LogP contribution in [0.1, 0.15) is 40.5 Å². The molecule has 2 N–H and O–H groups in total. The molecule has 1 saturated heterocycles. The third kappa shape index (κ3) is 2.96. The molecule has 14 heavy (non-hydrogen) atoms. The standard InChI is InChI=1S/C12H26N2/c1-9(2)8-14-11(4)5-10(3)6-12(14)7-13/h9-12H,5-8,13H2,1-4H3. The van der Waals surface area contributed by atoms with Crippen LogP contribution >= 0.6 is 0 Å². The topological polar surface area (TPSA) is 29.3 Å². The van der Waals surface area contributed by atoms with Crippen LogP contribution < -0.4 is 5.73 Å². The van der Waals surface area contributed by atoms with Crippen LogP contribution in [0.15, 0.2) is 0 Å². The summed E-state index contributed by atoms with van der Waals surface area (Å²) in [4.78, 5) is 2.62. The maximum atomic E-state index is 5.85. The van der Waals surface area contributed by atoms with E-state index in [2.05, 4.69) is 32.6 Å². The zero-order chi connectivity index (χ0) is 10.7. The van der Waals surface area contributed by atoms with Gasteiger partial charge in [-0.15, -0.1) is 0 Å². The van der Waals surface area contributed by atoms with E-state index in [1.165, 1.54) is 19.4 Å². The summed E-state index contributed by atoms with van der Waals surface area (Å²) in [5.74, 6) is 1.60. The van der Waals surface area contributed by atoms with E-state index in [4.69, 9.17) is 5.73 Å². The van der Waals surface area contributed by atoms with Crippen molar-refractivity contribution >= 4 is 0 Å². The van der Waals surface area contributed by atoms with E-state index in [-0.39, 0.29) is 0 Å². The van der Waals surface area contributed by atoms with Crippen molar-refractivity contribution in [3.05, 3.63) is 0 Å². The molecule has 0 radical (unpaired) electrons. The Kier molecular flexibility index (Phi) is 4.39. The summed E-state index contributed by atoms with van der Waals surface area (Å²) < 4.78 is 0. The number of likely N-dealkylation sites (tertiary alicyclic amines) is 1. The quantitative estimate of drug-likeness (QED) is 0.752. The minimum absolute atomic E-state index is 0.621. The molecule has 1 aliphatic heterocycles. The summed E-state index contributed by atoms with van der Waals surface area (Å²) in [6.07, 6.45) is 2.62. The van der Waals surface area contributed by atoms with Crippen LogP contribution in [0.3, 0.4) is 0 Å². The predicted octanol–water partition coefficient (Wildman–Crippen LogP) is 2.09. The van der Waals surface area contributed by atoms with Crippen LogP contribution in [0.5, 0.6) is 0 Å². The van der Waals surface area contributed by atoms with Gasteiger partial charge in [-0.05, 0) is 31.6 Å². The number of hydrogen-bond acceptors (Lipinski definition) is 2. The lowest BCUT2D eigenvalue weighted by atomic mass is 9.87. The number of piperidine rings is 1. The second kappa shape index (κ2) is 5.13. The van der Waals surface area contributed by atoms with Crippen molar-refractivity contribution in [2.24, 2.45) is 17.6 Å². The molecule has 0 aromatic carbocycles. The molecule has 0 spiro atoms. The van der Waals surface area contributed by atoms with Gasteiger partial charge in [-0.25, -0.2) is 0 Å². The normalized spacial score (nSPS) is 35.1. The van der Waals surface area contributed by atoms with Crippen molar-refractivity contribution in [1.82, 2.24) is 4.90 Å². The van der Waals surface area contributed by atoms with E-state index in [1.807, 2.05) is 0 Å². The third-order valence-electron chi connectivity index (χ3n) is 3.30. The Morgan fingerprint density at radius 1 is 1.29 bits per heavy atom. The number of rotatable bonds is 3. The third-order valence-corrected chi connectivity index (χ3v) is 3.30. The highest BCUT2D eigenvalue weighted by Gasteiger charge is 2.30. The van der Waals surface area contributed by atoms with Gasteiger partial charge in [0, 0.05) is 25.2 Å². The summed E-state index contributed by atoms with van der Waals surface area (Å²) in [6, 6.07) is 1.34. The average molecular weight is 198 g/mol.